The van der Waals surface area contributed by atoms with Crippen LogP contribution in [-0.2, 0) is 0 Å². The van der Waals surface area contributed by atoms with Crippen LogP contribution in [0.1, 0.15) is 88.2 Å². The van der Waals surface area contributed by atoms with Crippen molar-refractivity contribution in [2.45, 2.75) is 77.0 Å². The molecule has 2 aliphatic carbocycles. The van der Waals surface area contributed by atoms with Crippen LogP contribution in [0.25, 0.3) is 11.1 Å². The second-order valence-electron chi connectivity index (χ2n) is 9.39. The summed E-state index contributed by atoms with van der Waals surface area (Å²) in [6.45, 7) is 4.58. The fraction of sp³-hybridized carbons (Fsp3) is 0.538. The monoisotopic (exact) mass is 382 g/mol. The molecule has 0 spiro atoms. The molecule has 2 aliphatic rings. The molecule has 0 bridgehead atoms. The van der Waals surface area contributed by atoms with Crippen LogP contribution in [0, 0.1) is 23.5 Å². The van der Waals surface area contributed by atoms with Gasteiger partial charge in [0.05, 0.1) is 0 Å². The lowest BCUT2D eigenvalue weighted by atomic mass is 9.78. The van der Waals surface area contributed by atoms with Crippen LogP contribution >= 0.6 is 0 Å². The van der Waals surface area contributed by atoms with Gasteiger partial charge in [-0.1, -0.05) is 63.8 Å². The van der Waals surface area contributed by atoms with E-state index in [2.05, 4.69) is 13.8 Å². The fourth-order valence-corrected chi connectivity index (χ4v) is 5.19. The minimum absolute atomic E-state index is 0.297. The topological polar surface area (TPSA) is 0 Å². The minimum atomic E-state index is -0.297. The van der Waals surface area contributed by atoms with Gasteiger partial charge in [0.15, 0.2) is 0 Å². The smallest absolute Gasteiger partial charge is 0.131 e. The molecule has 0 N–H and O–H groups in total. The van der Waals surface area contributed by atoms with Gasteiger partial charge < -0.3 is 0 Å². The number of hydrogen-bond donors (Lipinski definition) is 0. The van der Waals surface area contributed by atoms with E-state index in [4.69, 9.17) is 0 Å². The van der Waals surface area contributed by atoms with Gasteiger partial charge >= 0.3 is 0 Å². The van der Waals surface area contributed by atoms with Crippen molar-refractivity contribution in [1.82, 2.24) is 0 Å². The van der Waals surface area contributed by atoms with Crippen molar-refractivity contribution in [2.24, 2.45) is 11.8 Å². The highest BCUT2D eigenvalue weighted by atomic mass is 19.1. The normalized spacial score (nSPS) is 28.3. The van der Waals surface area contributed by atoms with Crippen molar-refractivity contribution in [3.8, 4) is 11.1 Å². The molecule has 2 saturated carbocycles. The maximum Gasteiger partial charge on any atom is 0.131 e. The highest BCUT2D eigenvalue weighted by molar-refractivity contribution is 5.66. The van der Waals surface area contributed by atoms with E-state index >= 15 is 0 Å². The van der Waals surface area contributed by atoms with Crippen LogP contribution in [0.4, 0.5) is 8.78 Å². The van der Waals surface area contributed by atoms with Gasteiger partial charge in [-0.05, 0) is 72.6 Å². The summed E-state index contributed by atoms with van der Waals surface area (Å²) < 4.78 is 29.8. The second-order valence-corrected chi connectivity index (χ2v) is 9.39. The van der Waals surface area contributed by atoms with Crippen molar-refractivity contribution in [2.75, 3.05) is 0 Å². The number of rotatable bonds is 3. The molecule has 0 heterocycles. The Morgan fingerprint density at radius 1 is 0.571 bits per heavy atom. The molecule has 0 saturated heterocycles. The Bertz CT molecular complexity index is 740. The molecule has 4 rings (SSSR count). The van der Waals surface area contributed by atoms with Gasteiger partial charge in [0.25, 0.3) is 0 Å². The van der Waals surface area contributed by atoms with Crippen LogP contribution in [0.3, 0.4) is 0 Å². The zero-order valence-electron chi connectivity index (χ0n) is 17.2. The summed E-state index contributed by atoms with van der Waals surface area (Å²) in [5.41, 5.74) is 2.91. The first-order chi connectivity index (χ1) is 13.5. The average molecular weight is 383 g/mol. The molecular formula is C26H32F2. The predicted octanol–water partition coefficient (Wildman–Crippen LogP) is 8.22. The van der Waals surface area contributed by atoms with Crippen LogP contribution in [0.15, 0.2) is 36.4 Å². The maximum atomic E-state index is 14.9. The minimum Gasteiger partial charge on any atom is -0.206 e. The average Bonchev–Trinajstić information content (AvgIpc) is 2.69. The first kappa shape index (κ1) is 19.6. The molecule has 0 nitrogen and oxygen atoms in total. The van der Waals surface area contributed by atoms with E-state index in [0.717, 1.165) is 48.6 Å². The quantitative estimate of drug-likeness (QED) is 0.501. The van der Waals surface area contributed by atoms with Crippen molar-refractivity contribution in [3.63, 3.8) is 0 Å². The summed E-state index contributed by atoms with van der Waals surface area (Å²) in [5, 5.41) is 0. The first-order valence-electron chi connectivity index (χ1n) is 11.1. The highest BCUT2D eigenvalue weighted by Crippen LogP contribution is 2.39. The Hall–Kier alpha value is -1.70. The fourth-order valence-electron chi connectivity index (χ4n) is 5.19. The van der Waals surface area contributed by atoms with E-state index in [0.29, 0.717) is 23.0 Å². The lowest BCUT2D eigenvalue weighted by Crippen LogP contribution is -2.11. The molecule has 0 aromatic heterocycles. The third-order valence-corrected chi connectivity index (χ3v) is 7.25. The molecular weight excluding hydrogens is 350 g/mol. The number of halogens is 2. The summed E-state index contributed by atoms with van der Waals surface area (Å²) in [6.07, 6.45) is 9.36. The predicted molar refractivity (Wildman–Crippen MR) is 113 cm³/mol. The van der Waals surface area contributed by atoms with Gasteiger partial charge in [-0.15, -0.1) is 0 Å². The molecule has 2 aromatic rings. The summed E-state index contributed by atoms with van der Waals surface area (Å²) >= 11 is 0. The zero-order chi connectivity index (χ0) is 19.7. The summed E-state index contributed by atoms with van der Waals surface area (Å²) in [4.78, 5) is 0. The highest BCUT2D eigenvalue weighted by Gasteiger charge is 2.23. The van der Waals surface area contributed by atoms with E-state index < -0.39 is 0 Å². The van der Waals surface area contributed by atoms with Gasteiger partial charge in [-0.25, -0.2) is 8.78 Å². The lowest BCUT2D eigenvalue weighted by Gasteiger charge is -2.27. The van der Waals surface area contributed by atoms with Gasteiger partial charge in [0.2, 0.25) is 0 Å². The number of benzene rings is 2. The number of hydrogen-bond acceptors (Lipinski definition) is 0. The largest absolute Gasteiger partial charge is 0.206 e. The van der Waals surface area contributed by atoms with E-state index in [9.17, 15) is 8.78 Å². The Morgan fingerprint density at radius 3 is 1.25 bits per heavy atom. The maximum absolute atomic E-state index is 14.9. The SMILES string of the molecule is CC1CCC(c2ccc(-c3ccc(C4CCC(C)CC4)cc3F)c(F)c2)CC1. The third-order valence-electron chi connectivity index (χ3n) is 7.25. The summed E-state index contributed by atoms with van der Waals surface area (Å²) in [6, 6.07) is 10.9. The van der Waals surface area contributed by atoms with E-state index in [1.807, 2.05) is 12.1 Å². The van der Waals surface area contributed by atoms with E-state index in [-0.39, 0.29) is 11.6 Å². The second kappa shape index (κ2) is 8.35. The molecule has 2 aromatic carbocycles. The van der Waals surface area contributed by atoms with Crippen molar-refractivity contribution in [3.05, 3.63) is 59.2 Å². The molecule has 0 unspecified atom stereocenters. The van der Waals surface area contributed by atoms with Crippen LogP contribution in [-0.4, -0.2) is 0 Å². The van der Waals surface area contributed by atoms with E-state index in [1.165, 1.54) is 25.7 Å². The summed E-state index contributed by atoms with van der Waals surface area (Å²) in [7, 11) is 0. The van der Waals surface area contributed by atoms with E-state index in [1.54, 1.807) is 24.3 Å². The molecule has 0 atom stereocenters. The summed E-state index contributed by atoms with van der Waals surface area (Å²) in [5.74, 6) is 1.85. The molecule has 28 heavy (non-hydrogen) atoms. The Kier molecular flexibility index (Phi) is 5.85. The third kappa shape index (κ3) is 4.16. The van der Waals surface area contributed by atoms with Crippen molar-refractivity contribution >= 4 is 0 Å². The lowest BCUT2D eigenvalue weighted by molar-refractivity contribution is 0.347. The van der Waals surface area contributed by atoms with Crippen molar-refractivity contribution in [1.29, 1.82) is 0 Å². The Labute approximate surface area is 168 Å². The standard InChI is InChI=1S/C26H32F2/c1-17-3-7-19(8-4-17)21-11-13-23(25(27)15-21)24-14-12-22(16-26(24)28)20-9-5-18(2)6-10-20/h11-20H,3-10H2,1-2H3. The Morgan fingerprint density at radius 2 is 0.929 bits per heavy atom. The molecule has 2 heteroatoms. The van der Waals surface area contributed by atoms with Gasteiger partial charge in [0, 0.05) is 11.1 Å². The van der Waals surface area contributed by atoms with Gasteiger partial charge in [0.1, 0.15) is 11.6 Å². The molecule has 150 valence electrons. The molecule has 2 fully saturated rings. The van der Waals surface area contributed by atoms with Crippen molar-refractivity contribution < 1.29 is 8.78 Å². The van der Waals surface area contributed by atoms with Gasteiger partial charge in [-0.3, -0.25) is 0 Å². The van der Waals surface area contributed by atoms with Crippen LogP contribution in [0.5, 0.6) is 0 Å². The van der Waals surface area contributed by atoms with Gasteiger partial charge in [-0.2, -0.15) is 0 Å². The Balaban J connectivity index is 1.54. The zero-order valence-corrected chi connectivity index (χ0v) is 17.2. The first-order valence-corrected chi connectivity index (χ1v) is 11.1. The molecule has 0 radical (unpaired) electrons. The molecule has 0 amide bonds. The molecule has 0 aliphatic heterocycles. The van der Waals surface area contributed by atoms with Crippen LogP contribution < -0.4 is 0 Å². The van der Waals surface area contributed by atoms with Crippen LogP contribution in [0.2, 0.25) is 0 Å².